The summed E-state index contributed by atoms with van der Waals surface area (Å²) in [6.07, 6.45) is 4.79. The average Bonchev–Trinajstić information content (AvgIpc) is 2.93. The zero-order valence-corrected chi connectivity index (χ0v) is 22.9. The summed E-state index contributed by atoms with van der Waals surface area (Å²) in [4.78, 5) is 0. The number of allylic oxidation sites excluding steroid dienone is 4. The third-order valence-electron chi connectivity index (χ3n) is 5.69. The third kappa shape index (κ3) is 5.70. The van der Waals surface area contributed by atoms with Gasteiger partial charge in [0.2, 0.25) is 0 Å². The molecule has 0 bridgehead atoms. The van der Waals surface area contributed by atoms with E-state index < -0.39 is 8.07 Å². The van der Waals surface area contributed by atoms with Gasteiger partial charge in [-0.2, -0.15) is 0 Å². The average molecular weight is 500 g/mol. The minimum absolute atomic E-state index is 0. The van der Waals surface area contributed by atoms with Gasteiger partial charge in [0.25, 0.3) is 0 Å². The Morgan fingerprint density at radius 2 is 1.14 bits per heavy atom. The summed E-state index contributed by atoms with van der Waals surface area (Å²) in [7, 11) is -2.02. The second-order valence-electron chi connectivity index (χ2n) is 8.01. The molecule has 0 unspecified atom stereocenters. The number of hydrogen-bond acceptors (Lipinski definition) is 0. The van der Waals surface area contributed by atoms with Crippen LogP contribution in [-0.2, 0) is 20.4 Å². The number of halogens is 3. The van der Waals surface area contributed by atoms with Crippen molar-refractivity contribution in [2.24, 2.45) is 0 Å². The van der Waals surface area contributed by atoms with Gasteiger partial charge >= 0.3 is 172 Å². The van der Waals surface area contributed by atoms with Gasteiger partial charge in [0.1, 0.15) is 0 Å². The van der Waals surface area contributed by atoms with Gasteiger partial charge in [-0.25, -0.2) is 0 Å². The number of aryl methyl sites for hydroxylation is 4. The molecule has 5 heteroatoms. The molecule has 1 aliphatic carbocycles. The van der Waals surface area contributed by atoms with E-state index in [4.69, 9.17) is 0 Å². The first-order valence-electron chi connectivity index (χ1n) is 9.58. The minimum Gasteiger partial charge on any atom is -1.00 e. The Balaban J connectivity index is 0.00000261. The van der Waals surface area contributed by atoms with Crippen LogP contribution in [0, 0.1) is 27.7 Å². The minimum atomic E-state index is -2.02. The van der Waals surface area contributed by atoms with E-state index in [9.17, 15) is 0 Å². The fraction of sp³-hybridized carbons (Fsp3) is 0.333. The molecule has 0 fully saturated rings. The molecule has 1 aliphatic rings. The monoisotopic (exact) mass is 498 g/mol. The Kier molecular flexibility index (Phi) is 11.3. The summed E-state index contributed by atoms with van der Waals surface area (Å²) >= 11 is 2.32. The fourth-order valence-corrected chi connectivity index (χ4v) is 9.83. The molecule has 2 aromatic carbocycles. The molecule has 2 aromatic rings. The maximum Gasteiger partial charge on any atom is -1.00 e. The zero-order valence-electron chi connectivity index (χ0n) is 18.1. The van der Waals surface area contributed by atoms with Crippen LogP contribution in [0.1, 0.15) is 42.0 Å². The van der Waals surface area contributed by atoms with Crippen LogP contribution in [0.2, 0.25) is 6.55 Å². The van der Waals surface area contributed by atoms with Gasteiger partial charge in [0.15, 0.2) is 0 Å². The molecule has 0 nitrogen and oxygen atoms in total. The summed E-state index contributed by atoms with van der Waals surface area (Å²) < 4.78 is 1.56. The van der Waals surface area contributed by atoms with Crippen molar-refractivity contribution in [1.82, 2.24) is 0 Å². The first-order valence-corrected chi connectivity index (χ1v) is 12.9. The fourth-order valence-electron chi connectivity index (χ4n) is 4.53. The van der Waals surface area contributed by atoms with Crippen LogP contribution >= 0.6 is 0 Å². The quantitative estimate of drug-likeness (QED) is 0.379. The van der Waals surface area contributed by atoms with Crippen molar-refractivity contribution < 1.29 is 57.7 Å². The van der Waals surface area contributed by atoms with Crippen molar-refractivity contribution in [3.05, 3.63) is 79.4 Å². The summed E-state index contributed by atoms with van der Waals surface area (Å²) in [6.45, 7) is 13.8. The van der Waals surface area contributed by atoms with E-state index in [1.807, 2.05) is 0 Å². The molecular formula is C24H29Cl3SiTi. The van der Waals surface area contributed by atoms with Crippen molar-refractivity contribution in [1.29, 1.82) is 0 Å². The van der Waals surface area contributed by atoms with Crippen LogP contribution in [0.5, 0.6) is 0 Å². The van der Waals surface area contributed by atoms with Gasteiger partial charge in [0, 0.05) is 0 Å². The molecule has 0 atom stereocenters. The van der Waals surface area contributed by atoms with Crippen LogP contribution in [0.15, 0.2) is 57.1 Å². The largest absolute Gasteiger partial charge is 1.00 e. The molecule has 0 saturated carbocycles. The van der Waals surface area contributed by atoms with E-state index in [1.165, 1.54) is 22.3 Å². The van der Waals surface area contributed by atoms with Crippen molar-refractivity contribution in [2.45, 2.75) is 54.0 Å². The normalized spacial score (nSPS) is 13.3. The molecular weight excluding hydrogens is 471 g/mol. The number of benzene rings is 2. The molecule has 154 valence electrons. The molecule has 3 rings (SSSR count). The van der Waals surface area contributed by atoms with E-state index in [0.29, 0.717) is 0 Å². The Hall–Kier alpha value is -0.279. The summed E-state index contributed by atoms with van der Waals surface area (Å²) in [6, 6.07) is 14.4. The summed E-state index contributed by atoms with van der Waals surface area (Å²) in [5.74, 6) is 0. The van der Waals surface area contributed by atoms with Gasteiger partial charge in [-0.05, 0) is 0 Å². The van der Waals surface area contributed by atoms with Crippen molar-refractivity contribution >= 4 is 18.4 Å². The van der Waals surface area contributed by atoms with E-state index in [1.54, 1.807) is 25.0 Å². The van der Waals surface area contributed by atoms with Crippen molar-refractivity contribution in [2.75, 3.05) is 0 Å². The Morgan fingerprint density at radius 1 is 0.759 bits per heavy atom. The molecule has 0 saturated heterocycles. The maximum atomic E-state index is 2.56. The number of hydrogen-bond donors (Lipinski definition) is 0. The smallest absolute Gasteiger partial charge is 1.00 e. The maximum absolute atomic E-state index is 2.56. The van der Waals surface area contributed by atoms with E-state index >= 15 is 0 Å². The second kappa shape index (κ2) is 11.4. The molecule has 0 spiro atoms. The van der Waals surface area contributed by atoms with Crippen molar-refractivity contribution in [3.8, 4) is 0 Å². The molecule has 29 heavy (non-hydrogen) atoms. The van der Waals surface area contributed by atoms with E-state index in [2.05, 4.69) is 104 Å². The van der Waals surface area contributed by atoms with Crippen LogP contribution in [-0.4, -0.2) is 8.07 Å². The molecule has 0 radical (unpaired) electrons. The van der Waals surface area contributed by atoms with Crippen LogP contribution in [0.25, 0.3) is 0 Å². The van der Waals surface area contributed by atoms with Gasteiger partial charge in [-0.15, -0.1) is 0 Å². The molecule has 0 heterocycles. The topological polar surface area (TPSA) is 0 Å². The van der Waals surface area contributed by atoms with Gasteiger partial charge < -0.3 is 37.2 Å². The van der Waals surface area contributed by atoms with Gasteiger partial charge in [-0.3, -0.25) is 0 Å². The Morgan fingerprint density at radius 3 is 1.48 bits per heavy atom. The van der Waals surface area contributed by atoms with Gasteiger partial charge in [0.05, 0.1) is 0 Å². The van der Waals surface area contributed by atoms with Gasteiger partial charge in [-0.1, -0.05) is 0 Å². The molecule has 0 amide bonds. The molecule has 0 aliphatic heterocycles. The Bertz CT molecular complexity index is 840. The van der Waals surface area contributed by atoms with Crippen molar-refractivity contribution in [3.63, 3.8) is 0 Å². The summed E-state index contributed by atoms with van der Waals surface area (Å²) in [5.41, 5.74) is 7.11. The Labute approximate surface area is 208 Å². The van der Waals surface area contributed by atoms with Crippen LogP contribution in [0.4, 0.5) is 0 Å². The second-order valence-corrected chi connectivity index (χ2v) is 12.9. The van der Waals surface area contributed by atoms with E-state index in [0.717, 1.165) is 12.8 Å². The first-order chi connectivity index (χ1) is 12.3. The first kappa shape index (κ1) is 28.7. The molecule has 0 aromatic heterocycles. The van der Waals surface area contributed by atoms with Crippen LogP contribution < -0.4 is 47.6 Å². The number of rotatable bonds is 4. The molecule has 0 N–H and O–H groups in total. The standard InChI is InChI=1S/C24H29Si.3ClH.Ti/c1-7-21-9-8-10-24(21)25(6,22-13-17(2)11-18(3)14-22)23-15-19(4)12-20(5)16-23;;;;/h10-16H,7-8H2,1-6H3;3*1H;/q;;;;+3/p-3. The van der Waals surface area contributed by atoms with Crippen LogP contribution in [0.3, 0.4) is 0 Å². The predicted molar refractivity (Wildman–Crippen MR) is 113 cm³/mol. The predicted octanol–water partition coefficient (Wildman–Crippen LogP) is -3.79. The zero-order chi connectivity index (χ0) is 19.1. The SMILES string of the molecule is CCC1=[C]([Ti+3])CC=C1[Si](C)(c1cc(C)cc(C)c1)c1cc(C)cc(C)c1.[Cl-].[Cl-].[Cl-]. The summed E-state index contributed by atoms with van der Waals surface area (Å²) in [5, 5.41) is 4.74. The van der Waals surface area contributed by atoms with E-state index in [-0.39, 0.29) is 37.2 Å². The third-order valence-corrected chi connectivity index (χ3v) is 11.0.